The molecule has 5 heteroatoms. The fraction of sp³-hybridized carbons (Fsp3) is 0.867. The topological polar surface area (TPSA) is 78.4 Å². The van der Waals surface area contributed by atoms with Crippen molar-refractivity contribution in [3.63, 3.8) is 0 Å². The first-order valence-corrected chi connectivity index (χ1v) is 7.36. The predicted octanol–water partition coefficient (Wildman–Crippen LogP) is 1.77. The molecule has 1 heterocycles. The molecule has 1 unspecified atom stereocenters. The van der Waals surface area contributed by atoms with Gasteiger partial charge in [0, 0.05) is 12.1 Å². The second-order valence-corrected chi connectivity index (χ2v) is 6.97. The van der Waals surface area contributed by atoms with Gasteiger partial charge >= 0.3 is 5.97 Å². The van der Waals surface area contributed by atoms with Crippen molar-refractivity contribution in [2.75, 3.05) is 13.1 Å². The summed E-state index contributed by atoms with van der Waals surface area (Å²) in [6.45, 7) is 10.4. The van der Waals surface area contributed by atoms with Crippen molar-refractivity contribution < 1.29 is 14.7 Å². The van der Waals surface area contributed by atoms with E-state index in [4.69, 9.17) is 0 Å². The van der Waals surface area contributed by atoms with E-state index in [1.165, 1.54) is 0 Å². The van der Waals surface area contributed by atoms with Gasteiger partial charge in [0.15, 0.2) is 0 Å². The molecular formula is C15H28N2O3. The number of hydrogen-bond acceptors (Lipinski definition) is 3. The van der Waals surface area contributed by atoms with E-state index in [2.05, 4.69) is 17.6 Å². The van der Waals surface area contributed by atoms with Crippen LogP contribution in [0.1, 0.15) is 53.9 Å². The van der Waals surface area contributed by atoms with E-state index in [1.807, 2.05) is 0 Å². The molecule has 1 saturated heterocycles. The number of carbonyl (C=O) groups excluding carboxylic acids is 1. The van der Waals surface area contributed by atoms with Crippen molar-refractivity contribution in [2.24, 2.45) is 10.8 Å². The maximum absolute atomic E-state index is 12.7. The summed E-state index contributed by atoms with van der Waals surface area (Å²) < 4.78 is 0. The van der Waals surface area contributed by atoms with E-state index < -0.39 is 16.9 Å². The largest absolute Gasteiger partial charge is 0.481 e. The number of aliphatic carboxylic acids is 1. The second kappa shape index (κ2) is 5.72. The number of amides is 1. The van der Waals surface area contributed by atoms with Crippen LogP contribution >= 0.6 is 0 Å². The lowest BCUT2D eigenvalue weighted by Crippen LogP contribution is -2.60. The Bertz CT molecular complexity index is 383. The van der Waals surface area contributed by atoms with Crippen molar-refractivity contribution in [2.45, 2.75) is 59.4 Å². The summed E-state index contributed by atoms with van der Waals surface area (Å²) in [7, 11) is 0. The van der Waals surface area contributed by atoms with Gasteiger partial charge in [-0.1, -0.05) is 13.3 Å². The third kappa shape index (κ3) is 2.97. The number of carboxylic acid groups (broad SMARTS) is 1. The molecule has 0 saturated carbocycles. The molecule has 3 N–H and O–H groups in total. The average Bonchev–Trinajstić information content (AvgIpc) is 2.78. The standard InChI is InChI=1S/C15H28N2O3/c1-6-7-15(8-9-16-10-15)11(18)17-14(4,5)13(2,3)12(19)20/h16H,6-10H2,1-5H3,(H,17,18)(H,19,20). The molecule has 1 atom stereocenters. The lowest BCUT2D eigenvalue weighted by molar-refractivity contribution is -0.152. The lowest BCUT2D eigenvalue weighted by atomic mass is 9.73. The fourth-order valence-corrected chi connectivity index (χ4v) is 2.58. The Kier molecular flexibility index (Phi) is 4.85. The Balaban J connectivity index is 2.90. The van der Waals surface area contributed by atoms with Gasteiger partial charge in [0.2, 0.25) is 5.91 Å². The zero-order valence-corrected chi connectivity index (χ0v) is 13.3. The van der Waals surface area contributed by atoms with Crippen LogP contribution in [0.5, 0.6) is 0 Å². The highest BCUT2D eigenvalue weighted by atomic mass is 16.4. The predicted molar refractivity (Wildman–Crippen MR) is 78.5 cm³/mol. The molecule has 1 aliphatic rings. The molecule has 20 heavy (non-hydrogen) atoms. The molecule has 1 rings (SSSR count). The lowest BCUT2D eigenvalue weighted by Gasteiger charge is -2.41. The van der Waals surface area contributed by atoms with E-state index in [9.17, 15) is 14.7 Å². The molecule has 0 radical (unpaired) electrons. The van der Waals surface area contributed by atoms with E-state index >= 15 is 0 Å². The molecule has 0 aromatic heterocycles. The van der Waals surface area contributed by atoms with Gasteiger partial charge in [-0.25, -0.2) is 0 Å². The van der Waals surface area contributed by atoms with Gasteiger partial charge in [-0.3, -0.25) is 9.59 Å². The zero-order chi connectivity index (χ0) is 15.6. The van der Waals surface area contributed by atoms with Crippen LogP contribution in [0.15, 0.2) is 0 Å². The number of carboxylic acids is 1. The molecule has 0 aromatic rings. The highest BCUT2D eigenvalue weighted by molar-refractivity contribution is 5.85. The SMILES string of the molecule is CCCC1(C(=O)NC(C)(C)C(C)(C)C(=O)O)CCNC1. The summed E-state index contributed by atoms with van der Waals surface area (Å²) >= 11 is 0. The summed E-state index contributed by atoms with van der Waals surface area (Å²) in [5.74, 6) is -0.930. The molecule has 0 aromatic carbocycles. The van der Waals surface area contributed by atoms with Crippen LogP contribution < -0.4 is 10.6 Å². The van der Waals surface area contributed by atoms with Crippen LogP contribution in [-0.2, 0) is 9.59 Å². The van der Waals surface area contributed by atoms with Crippen LogP contribution in [0.3, 0.4) is 0 Å². The number of carbonyl (C=O) groups is 2. The van der Waals surface area contributed by atoms with Gasteiger partial charge in [-0.15, -0.1) is 0 Å². The number of rotatable bonds is 6. The first kappa shape index (κ1) is 17.0. The zero-order valence-electron chi connectivity index (χ0n) is 13.3. The van der Waals surface area contributed by atoms with Gasteiger partial charge in [0.25, 0.3) is 0 Å². The molecule has 5 nitrogen and oxygen atoms in total. The van der Waals surface area contributed by atoms with Gasteiger partial charge in [0.1, 0.15) is 0 Å². The Morgan fingerprint density at radius 2 is 1.90 bits per heavy atom. The molecule has 0 bridgehead atoms. The van der Waals surface area contributed by atoms with Crippen LogP contribution in [0, 0.1) is 10.8 Å². The Hall–Kier alpha value is -1.10. The Labute approximate surface area is 121 Å². The summed E-state index contributed by atoms with van der Waals surface area (Å²) in [6.07, 6.45) is 2.59. The normalized spacial score (nSPS) is 23.6. The van der Waals surface area contributed by atoms with Gasteiger partial charge in [0.05, 0.1) is 10.8 Å². The summed E-state index contributed by atoms with van der Waals surface area (Å²) in [4.78, 5) is 24.1. The highest BCUT2D eigenvalue weighted by Crippen LogP contribution is 2.35. The molecule has 0 aliphatic carbocycles. The van der Waals surface area contributed by atoms with Gasteiger partial charge in [-0.05, 0) is 47.1 Å². The smallest absolute Gasteiger partial charge is 0.311 e. The number of nitrogens with one attached hydrogen (secondary N) is 2. The van der Waals surface area contributed by atoms with E-state index in [0.29, 0.717) is 6.54 Å². The summed E-state index contributed by atoms with van der Waals surface area (Å²) in [5, 5.41) is 15.6. The minimum Gasteiger partial charge on any atom is -0.481 e. The van der Waals surface area contributed by atoms with E-state index in [1.54, 1.807) is 27.7 Å². The van der Waals surface area contributed by atoms with Crippen molar-refractivity contribution in [3.05, 3.63) is 0 Å². The van der Waals surface area contributed by atoms with Crippen molar-refractivity contribution >= 4 is 11.9 Å². The maximum atomic E-state index is 12.7. The molecule has 1 fully saturated rings. The Morgan fingerprint density at radius 3 is 2.30 bits per heavy atom. The van der Waals surface area contributed by atoms with E-state index in [0.717, 1.165) is 25.8 Å². The van der Waals surface area contributed by atoms with Crippen molar-refractivity contribution in [3.8, 4) is 0 Å². The van der Waals surface area contributed by atoms with Crippen LogP contribution in [0.25, 0.3) is 0 Å². The average molecular weight is 284 g/mol. The Morgan fingerprint density at radius 1 is 1.30 bits per heavy atom. The summed E-state index contributed by atoms with van der Waals surface area (Å²) in [6, 6.07) is 0. The molecular weight excluding hydrogens is 256 g/mol. The van der Waals surface area contributed by atoms with Gasteiger partial charge in [-0.2, -0.15) is 0 Å². The second-order valence-electron chi connectivity index (χ2n) is 6.97. The third-order valence-corrected chi connectivity index (χ3v) is 4.98. The molecule has 0 spiro atoms. The quantitative estimate of drug-likeness (QED) is 0.694. The maximum Gasteiger partial charge on any atom is 0.311 e. The van der Waals surface area contributed by atoms with Crippen molar-refractivity contribution in [1.29, 1.82) is 0 Å². The summed E-state index contributed by atoms with van der Waals surface area (Å²) in [5.41, 5.74) is -2.22. The minimum atomic E-state index is -1.03. The van der Waals surface area contributed by atoms with E-state index in [-0.39, 0.29) is 11.3 Å². The van der Waals surface area contributed by atoms with Crippen LogP contribution in [0.2, 0.25) is 0 Å². The third-order valence-electron chi connectivity index (χ3n) is 4.98. The van der Waals surface area contributed by atoms with Gasteiger partial charge < -0.3 is 15.7 Å². The molecule has 116 valence electrons. The molecule has 1 amide bonds. The first-order valence-electron chi connectivity index (χ1n) is 7.36. The molecule has 1 aliphatic heterocycles. The minimum absolute atomic E-state index is 0.0244. The fourth-order valence-electron chi connectivity index (χ4n) is 2.58. The number of hydrogen-bond donors (Lipinski definition) is 3. The van der Waals surface area contributed by atoms with Crippen LogP contribution in [-0.4, -0.2) is 35.6 Å². The highest BCUT2D eigenvalue weighted by Gasteiger charge is 2.48. The first-order chi connectivity index (χ1) is 9.09. The van der Waals surface area contributed by atoms with Crippen LogP contribution in [0.4, 0.5) is 0 Å². The van der Waals surface area contributed by atoms with Crippen molar-refractivity contribution in [1.82, 2.24) is 10.6 Å². The monoisotopic (exact) mass is 284 g/mol.